The van der Waals surface area contributed by atoms with Gasteiger partial charge in [-0.15, -0.1) is 11.8 Å². The van der Waals surface area contributed by atoms with Gasteiger partial charge in [0.2, 0.25) is 11.8 Å². The highest BCUT2D eigenvalue weighted by Gasteiger charge is 2.72. The Kier molecular flexibility index (Phi) is 9.18. The van der Waals surface area contributed by atoms with E-state index in [1.807, 2.05) is 18.7 Å². The average Bonchev–Trinajstić information content (AvgIpc) is 3.33. The quantitative estimate of drug-likeness (QED) is 0.314. The van der Waals surface area contributed by atoms with E-state index in [0.717, 1.165) is 24.8 Å². The van der Waals surface area contributed by atoms with Gasteiger partial charge in [0.05, 0.1) is 18.9 Å². The predicted molar refractivity (Wildman–Crippen MR) is 133 cm³/mol. The van der Waals surface area contributed by atoms with Crippen molar-refractivity contribution in [1.82, 2.24) is 9.80 Å². The van der Waals surface area contributed by atoms with Crippen LogP contribution in [0.3, 0.4) is 0 Å². The Morgan fingerprint density at radius 2 is 1.76 bits per heavy atom. The van der Waals surface area contributed by atoms with Crippen molar-refractivity contribution in [3.8, 4) is 0 Å². The average molecular weight is 559 g/mol. The zero-order valence-corrected chi connectivity index (χ0v) is 22.6. The molecule has 2 amide bonds. The molecule has 3 aliphatic heterocycles. The van der Waals surface area contributed by atoms with Crippen molar-refractivity contribution in [1.29, 1.82) is 0 Å². The fraction of sp³-hybridized carbons (Fsp3) is 0.615. The Morgan fingerprint density at radius 1 is 1.16 bits per heavy atom. The number of piperidine rings is 1. The number of carboxylic acids is 1. The summed E-state index contributed by atoms with van der Waals surface area (Å²) in [5, 5.41) is 7.66. The molecule has 1 aromatic rings. The standard InChI is InChI=1S/C24H32N2O4S.C2HF3O2/c1-5-15(3)31-17-11-9-16(10-12-17)20-18-19(22(28)25(6-2)21(18)27)24(23(29)30-4)13-7-8-14-26(20)24;3-2(4,5)1(6)7/h9-12,15,18-20H,5-8,13-14H2,1-4H3;(H,6,7)/t15?,18-,19-,20-,24+;/m1./s1. The Labute approximate surface area is 223 Å². The van der Waals surface area contributed by atoms with Gasteiger partial charge in [0.25, 0.3) is 0 Å². The highest BCUT2D eigenvalue weighted by atomic mass is 32.2. The number of halogens is 3. The van der Waals surface area contributed by atoms with E-state index in [-0.39, 0.29) is 23.8 Å². The molecule has 8 nitrogen and oxygen atoms in total. The van der Waals surface area contributed by atoms with Crippen molar-refractivity contribution in [2.45, 2.75) is 74.4 Å². The number of ether oxygens (including phenoxy) is 1. The third-order valence-electron chi connectivity index (χ3n) is 7.58. The van der Waals surface area contributed by atoms with Gasteiger partial charge in [0, 0.05) is 22.7 Å². The monoisotopic (exact) mass is 558 g/mol. The van der Waals surface area contributed by atoms with Crippen molar-refractivity contribution in [2.75, 3.05) is 20.2 Å². The molecule has 12 heteroatoms. The first-order valence-corrected chi connectivity index (χ1v) is 13.5. The molecule has 0 spiro atoms. The van der Waals surface area contributed by atoms with Crippen LogP contribution in [0.1, 0.15) is 58.1 Å². The minimum absolute atomic E-state index is 0.154. The number of rotatable bonds is 6. The van der Waals surface area contributed by atoms with Crippen LogP contribution in [0.4, 0.5) is 13.2 Å². The van der Waals surface area contributed by atoms with Crippen LogP contribution in [0.2, 0.25) is 0 Å². The number of fused-ring (bicyclic) bond motifs is 3. The number of carboxylic acid groups (broad SMARTS) is 1. The van der Waals surface area contributed by atoms with E-state index in [1.54, 1.807) is 0 Å². The number of aliphatic carboxylic acids is 1. The number of alkyl halides is 3. The van der Waals surface area contributed by atoms with Crippen LogP contribution in [0.5, 0.6) is 0 Å². The maximum absolute atomic E-state index is 13.4. The molecular formula is C26H33F3N2O6S. The second-order valence-electron chi connectivity index (χ2n) is 9.64. The normalized spacial score (nSPS) is 27.8. The first-order chi connectivity index (χ1) is 17.8. The van der Waals surface area contributed by atoms with Gasteiger partial charge in [-0.25, -0.2) is 4.79 Å². The van der Waals surface area contributed by atoms with Crippen LogP contribution in [0.15, 0.2) is 29.2 Å². The topological polar surface area (TPSA) is 104 Å². The van der Waals surface area contributed by atoms with Crippen LogP contribution >= 0.6 is 11.8 Å². The van der Waals surface area contributed by atoms with Crippen LogP contribution in [-0.4, -0.2) is 75.8 Å². The number of carbonyl (C=O) groups excluding carboxylic acids is 3. The van der Waals surface area contributed by atoms with Gasteiger partial charge >= 0.3 is 18.1 Å². The fourth-order valence-corrected chi connectivity index (χ4v) is 6.71. The summed E-state index contributed by atoms with van der Waals surface area (Å²) >= 11 is 1.83. The van der Waals surface area contributed by atoms with E-state index < -0.39 is 29.5 Å². The van der Waals surface area contributed by atoms with Crippen molar-refractivity contribution < 1.29 is 42.2 Å². The maximum Gasteiger partial charge on any atom is 0.490 e. The number of amides is 2. The summed E-state index contributed by atoms with van der Waals surface area (Å²) in [6.45, 7) is 7.22. The molecular weight excluding hydrogens is 525 g/mol. The summed E-state index contributed by atoms with van der Waals surface area (Å²) in [5.41, 5.74) is -0.0568. The molecule has 0 aliphatic carbocycles. The number of imide groups is 1. The minimum atomic E-state index is -5.08. The third-order valence-corrected chi connectivity index (χ3v) is 8.86. The molecule has 1 unspecified atom stereocenters. The first-order valence-electron chi connectivity index (χ1n) is 12.6. The molecule has 38 heavy (non-hydrogen) atoms. The molecule has 1 N–H and O–H groups in total. The largest absolute Gasteiger partial charge is 0.490 e. The Balaban J connectivity index is 0.000000505. The maximum atomic E-state index is 13.4. The van der Waals surface area contributed by atoms with Crippen LogP contribution in [0, 0.1) is 11.8 Å². The number of esters is 1. The van der Waals surface area contributed by atoms with E-state index in [0.29, 0.717) is 24.8 Å². The molecule has 0 bridgehead atoms. The summed E-state index contributed by atoms with van der Waals surface area (Å²) in [4.78, 5) is 53.5. The number of nitrogens with zero attached hydrogens (tertiary/aromatic N) is 2. The van der Waals surface area contributed by atoms with Crippen LogP contribution in [-0.2, 0) is 23.9 Å². The first kappa shape index (κ1) is 29.9. The third kappa shape index (κ3) is 5.29. The molecule has 0 aromatic heterocycles. The Hall–Kier alpha value is -2.60. The van der Waals surface area contributed by atoms with E-state index in [1.165, 1.54) is 16.9 Å². The van der Waals surface area contributed by atoms with Gasteiger partial charge in [0.1, 0.15) is 5.54 Å². The highest BCUT2D eigenvalue weighted by molar-refractivity contribution is 7.99. The SMILES string of the molecule is CCC(C)Sc1ccc([C@@H]2[C@@H]3C(=O)N(CC)C(=O)[C@@H]3[C@]3(C(=O)OC)CCCCN23)cc1.O=C(O)C(F)(F)F. The Morgan fingerprint density at radius 3 is 2.26 bits per heavy atom. The van der Waals surface area contributed by atoms with Gasteiger partial charge in [-0.2, -0.15) is 13.2 Å². The summed E-state index contributed by atoms with van der Waals surface area (Å²) < 4.78 is 37.0. The lowest BCUT2D eigenvalue weighted by Gasteiger charge is -2.44. The van der Waals surface area contributed by atoms with Crippen molar-refractivity contribution in [2.24, 2.45) is 11.8 Å². The second-order valence-corrected chi connectivity index (χ2v) is 11.2. The number of thioether (sulfide) groups is 1. The van der Waals surface area contributed by atoms with Crippen molar-refractivity contribution in [3.63, 3.8) is 0 Å². The number of hydrogen-bond acceptors (Lipinski definition) is 7. The van der Waals surface area contributed by atoms with E-state index in [9.17, 15) is 27.6 Å². The number of methoxy groups -OCH3 is 1. The molecule has 5 atom stereocenters. The van der Waals surface area contributed by atoms with Crippen LogP contribution in [0.25, 0.3) is 0 Å². The number of hydrogen-bond donors (Lipinski definition) is 1. The van der Waals surface area contributed by atoms with Gasteiger partial charge in [-0.3, -0.25) is 24.2 Å². The molecule has 0 saturated carbocycles. The summed E-state index contributed by atoms with van der Waals surface area (Å²) in [5.74, 6) is -4.73. The summed E-state index contributed by atoms with van der Waals surface area (Å²) in [7, 11) is 1.38. The molecule has 3 aliphatic rings. The Bertz CT molecular complexity index is 1070. The molecule has 210 valence electrons. The molecule has 1 aromatic carbocycles. The predicted octanol–water partition coefficient (Wildman–Crippen LogP) is 4.28. The van der Waals surface area contributed by atoms with Gasteiger partial charge < -0.3 is 9.84 Å². The summed E-state index contributed by atoms with van der Waals surface area (Å²) in [6.07, 6.45) is -1.65. The van der Waals surface area contributed by atoms with Crippen LogP contribution < -0.4 is 0 Å². The van der Waals surface area contributed by atoms with Crippen molar-refractivity contribution in [3.05, 3.63) is 29.8 Å². The zero-order chi connectivity index (χ0) is 28.4. The molecule has 3 saturated heterocycles. The lowest BCUT2D eigenvalue weighted by molar-refractivity contribution is -0.192. The minimum Gasteiger partial charge on any atom is -0.475 e. The fourth-order valence-electron chi connectivity index (χ4n) is 5.79. The zero-order valence-electron chi connectivity index (χ0n) is 21.8. The lowest BCUT2D eigenvalue weighted by atomic mass is 9.75. The number of benzene rings is 1. The second kappa shape index (κ2) is 11.6. The van der Waals surface area contributed by atoms with Gasteiger partial charge in [-0.1, -0.05) is 26.0 Å². The van der Waals surface area contributed by atoms with Gasteiger partial charge in [-0.05, 0) is 56.8 Å². The molecule has 3 fully saturated rings. The summed E-state index contributed by atoms with van der Waals surface area (Å²) in [6, 6.07) is 8.05. The lowest BCUT2D eigenvalue weighted by Crippen LogP contribution is -2.59. The van der Waals surface area contributed by atoms with E-state index >= 15 is 0 Å². The van der Waals surface area contributed by atoms with E-state index in [2.05, 4.69) is 43.0 Å². The highest BCUT2D eigenvalue weighted by Crippen LogP contribution is 2.58. The van der Waals surface area contributed by atoms with E-state index in [4.69, 9.17) is 14.6 Å². The van der Waals surface area contributed by atoms with Crippen molar-refractivity contribution >= 4 is 35.5 Å². The molecule has 4 rings (SSSR count). The number of likely N-dealkylation sites (tertiary alicyclic amines) is 1. The molecule has 3 heterocycles. The van der Waals surface area contributed by atoms with Gasteiger partial charge in [0.15, 0.2) is 0 Å². The molecule has 0 radical (unpaired) electrons. The smallest absolute Gasteiger partial charge is 0.475 e. The number of carbonyl (C=O) groups is 4.